The van der Waals surface area contributed by atoms with E-state index < -0.39 is 5.54 Å². The summed E-state index contributed by atoms with van der Waals surface area (Å²) in [5, 5.41) is 23.0. The summed E-state index contributed by atoms with van der Waals surface area (Å²) in [7, 11) is 1.85. The van der Waals surface area contributed by atoms with Crippen molar-refractivity contribution in [3.8, 4) is 23.1 Å². The molecule has 1 N–H and O–H groups in total. The molecule has 0 saturated heterocycles. The van der Waals surface area contributed by atoms with E-state index in [0.717, 1.165) is 53.7 Å². The van der Waals surface area contributed by atoms with Crippen molar-refractivity contribution in [3.05, 3.63) is 54.7 Å². The van der Waals surface area contributed by atoms with Crippen LogP contribution in [0.2, 0.25) is 0 Å². The molecule has 0 amide bonds. The number of hydrogen-bond acceptors (Lipinski definition) is 6. The van der Waals surface area contributed by atoms with Crippen molar-refractivity contribution >= 4 is 16.7 Å². The number of benzene rings is 1. The van der Waals surface area contributed by atoms with Crippen LogP contribution in [0.25, 0.3) is 22.2 Å². The van der Waals surface area contributed by atoms with Crippen molar-refractivity contribution in [1.82, 2.24) is 24.5 Å². The number of nitriles is 1. The molecule has 0 bridgehead atoms. The van der Waals surface area contributed by atoms with Crippen molar-refractivity contribution in [2.24, 2.45) is 0 Å². The van der Waals surface area contributed by atoms with Crippen molar-refractivity contribution in [1.29, 1.82) is 5.26 Å². The molecular formula is C26H28FN7O. The smallest absolute Gasteiger partial charge is 0.143 e. The molecule has 3 heterocycles. The van der Waals surface area contributed by atoms with E-state index in [1.54, 1.807) is 23.0 Å². The summed E-state index contributed by atoms with van der Waals surface area (Å²) in [4.78, 5) is 4.51. The topological polar surface area (TPSA) is 93.6 Å². The van der Waals surface area contributed by atoms with Crippen LogP contribution in [0.1, 0.15) is 45.6 Å². The molecule has 8 nitrogen and oxygen atoms in total. The molecule has 1 aliphatic carbocycles. The van der Waals surface area contributed by atoms with Gasteiger partial charge in [0.15, 0.2) is 0 Å². The fraction of sp³-hybridized carbons (Fsp3) is 0.385. The minimum atomic E-state index is -0.756. The van der Waals surface area contributed by atoms with Crippen LogP contribution in [0.15, 0.2) is 48.9 Å². The predicted octanol–water partition coefficient (Wildman–Crippen LogP) is 5.30. The number of fused-ring (bicyclic) bond motifs is 1. The van der Waals surface area contributed by atoms with Crippen molar-refractivity contribution in [2.75, 3.05) is 12.4 Å². The number of hydrogen-bond donors (Lipinski definition) is 1. The summed E-state index contributed by atoms with van der Waals surface area (Å²) in [5.74, 6) is 1.05. The fourth-order valence-electron chi connectivity index (χ4n) is 4.60. The zero-order valence-corrected chi connectivity index (χ0v) is 20.1. The minimum absolute atomic E-state index is 0.0512. The van der Waals surface area contributed by atoms with E-state index in [1.807, 2.05) is 39.4 Å². The van der Waals surface area contributed by atoms with Gasteiger partial charge in [0.25, 0.3) is 0 Å². The van der Waals surface area contributed by atoms with Gasteiger partial charge in [-0.25, -0.2) is 9.37 Å². The molecule has 1 aromatic carbocycles. The van der Waals surface area contributed by atoms with Gasteiger partial charge in [0.05, 0.1) is 29.9 Å². The van der Waals surface area contributed by atoms with Crippen LogP contribution in [0.5, 0.6) is 5.75 Å². The Morgan fingerprint density at radius 2 is 1.97 bits per heavy atom. The molecule has 4 aromatic rings. The van der Waals surface area contributed by atoms with Crippen LogP contribution in [-0.4, -0.2) is 37.7 Å². The Bertz CT molecular complexity index is 1390. The van der Waals surface area contributed by atoms with E-state index in [1.165, 1.54) is 12.1 Å². The molecule has 1 fully saturated rings. The first-order valence-electron chi connectivity index (χ1n) is 11.8. The number of pyridine rings is 1. The van der Waals surface area contributed by atoms with Gasteiger partial charge < -0.3 is 10.1 Å². The number of nitrogens with zero attached hydrogens (tertiary/aromatic N) is 6. The maximum atomic E-state index is 13.5. The third-order valence-electron chi connectivity index (χ3n) is 6.64. The summed E-state index contributed by atoms with van der Waals surface area (Å²) in [6.45, 7) is 3.65. The summed E-state index contributed by atoms with van der Waals surface area (Å²) in [6.07, 6.45) is 9.02. The van der Waals surface area contributed by atoms with E-state index in [9.17, 15) is 9.65 Å². The molecule has 1 aliphatic rings. The van der Waals surface area contributed by atoms with Gasteiger partial charge in [-0.15, -0.1) is 0 Å². The van der Waals surface area contributed by atoms with Gasteiger partial charge in [-0.05, 0) is 51.7 Å². The van der Waals surface area contributed by atoms with Crippen molar-refractivity contribution in [3.63, 3.8) is 0 Å². The highest BCUT2D eigenvalue weighted by Crippen LogP contribution is 2.36. The van der Waals surface area contributed by atoms with Crippen molar-refractivity contribution in [2.45, 2.75) is 57.2 Å². The molecule has 180 valence electrons. The molecule has 0 spiro atoms. The van der Waals surface area contributed by atoms with Gasteiger partial charge in [-0.3, -0.25) is 9.36 Å². The van der Waals surface area contributed by atoms with Gasteiger partial charge in [-0.2, -0.15) is 15.5 Å². The molecule has 9 heteroatoms. The van der Waals surface area contributed by atoms with Crippen molar-refractivity contribution < 1.29 is 9.13 Å². The third kappa shape index (κ3) is 4.44. The first kappa shape index (κ1) is 22.8. The minimum Gasteiger partial charge on any atom is -0.490 e. The highest BCUT2D eigenvalue weighted by Gasteiger charge is 2.28. The number of halogens is 1. The Morgan fingerprint density at radius 3 is 2.69 bits per heavy atom. The van der Waals surface area contributed by atoms with Crippen LogP contribution in [0, 0.1) is 17.1 Å². The summed E-state index contributed by atoms with van der Waals surface area (Å²) < 4.78 is 23.3. The number of nitrogens with one attached hydrogen (secondary N) is 1. The van der Waals surface area contributed by atoms with Gasteiger partial charge in [0, 0.05) is 42.5 Å². The van der Waals surface area contributed by atoms with E-state index in [2.05, 4.69) is 26.2 Å². The summed E-state index contributed by atoms with van der Waals surface area (Å²) in [6, 6.07) is 10.8. The third-order valence-corrected chi connectivity index (χ3v) is 6.64. The molecule has 1 saturated carbocycles. The number of ether oxygens (including phenoxy) is 1. The van der Waals surface area contributed by atoms with E-state index >= 15 is 0 Å². The quantitative estimate of drug-likeness (QED) is 0.409. The zero-order chi connectivity index (χ0) is 24.6. The van der Waals surface area contributed by atoms with Crippen LogP contribution >= 0.6 is 0 Å². The van der Waals surface area contributed by atoms with Gasteiger partial charge in [0.1, 0.15) is 28.6 Å². The predicted molar refractivity (Wildman–Crippen MR) is 132 cm³/mol. The second-order valence-electron chi connectivity index (χ2n) is 9.48. The number of aromatic nitrogens is 5. The first-order chi connectivity index (χ1) is 16.9. The Morgan fingerprint density at radius 1 is 1.17 bits per heavy atom. The van der Waals surface area contributed by atoms with Gasteiger partial charge >= 0.3 is 0 Å². The summed E-state index contributed by atoms with van der Waals surface area (Å²) >= 11 is 0. The second-order valence-corrected chi connectivity index (χ2v) is 9.48. The van der Waals surface area contributed by atoms with Crippen LogP contribution in [0.3, 0.4) is 0 Å². The molecule has 0 unspecified atom stereocenters. The lowest BCUT2D eigenvalue weighted by atomic mass is 9.93. The molecular weight excluding hydrogens is 445 g/mol. The Labute approximate surface area is 203 Å². The Hall–Kier alpha value is -3.93. The second kappa shape index (κ2) is 9.02. The molecule has 5 rings (SSSR count). The first-order valence-corrected chi connectivity index (χ1v) is 11.8. The van der Waals surface area contributed by atoms with Gasteiger partial charge in [-0.1, -0.05) is 6.07 Å². The lowest BCUT2D eigenvalue weighted by Crippen LogP contribution is -2.26. The fourth-order valence-corrected chi connectivity index (χ4v) is 4.60. The van der Waals surface area contributed by atoms with E-state index in [4.69, 9.17) is 9.84 Å². The van der Waals surface area contributed by atoms with E-state index in [-0.39, 0.29) is 18.0 Å². The largest absolute Gasteiger partial charge is 0.490 e. The number of rotatable bonds is 6. The van der Waals surface area contributed by atoms with Crippen LogP contribution in [-0.2, 0) is 5.54 Å². The molecule has 0 atom stereocenters. The average molecular weight is 474 g/mol. The monoisotopic (exact) mass is 473 g/mol. The lowest BCUT2D eigenvalue weighted by Gasteiger charge is -2.29. The molecule has 0 aliphatic heterocycles. The average Bonchev–Trinajstić information content (AvgIpc) is 3.50. The molecule has 3 aromatic heterocycles. The highest BCUT2D eigenvalue weighted by atomic mass is 19.1. The molecule has 0 radical (unpaired) electrons. The maximum absolute atomic E-state index is 13.5. The standard InChI is InChI=1S/C26H28FN7O/c1-26(2,16-28)33-15-17(13-31-33)25-22-14-30-24(29-3)12-23(22)34(32-25)19-7-9-20(10-8-19)35-21-6-4-5-18(27)11-21/h4-6,11-15,19-20H,7-10H2,1-3H3,(H,29,30). The normalized spacial score (nSPS) is 18.4. The highest BCUT2D eigenvalue weighted by molar-refractivity contribution is 5.93. The summed E-state index contributed by atoms with van der Waals surface area (Å²) in [5.41, 5.74) is 1.89. The zero-order valence-electron chi connectivity index (χ0n) is 20.1. The number of anilines is 1. The lowest BCUT2D eigenvalue weighted by molar-refractivity contribution is 0.130. The van der Waals surface area contributed by atoms with Gasteiger partial charge in [0.2, 0.25) is 0 Å². The van der Waals surface area contributed by atoms with Crippen LogP contribution < -0.4 is 10.1 Å². The Balaban J connectivity index is 1.43. The molecule has 35 heavy (non-hydrogen) atoms. The Kier molecular flexibility index (Phi) is 5.89. The SMILES string of the molecule is CNc1cc2c(cn1)c(-c1cnn(C(C)(C)C#N)c1)nn2C1CCC(Oc2cccc(F)c2)CC1. The maximum Gasteiger partial charge on any atom is 0.143 e. The van der Waals surface area contributed by atoms with Crippen LogP contribution in [0.4, 0.5) is 10.2 Å². The van der Waals surface area contributed by atoms with E-state index in [0.29, 0.717) is 5.75 Å².